The van der Waals surface area contributed by atoms with Crippen LogP contribution >= 0.6 is 22.7 Å². The van der Waals surface area contributed by atoms with Crippen LogP contribution in [-0.2, 0) is 0 Å². The molecule has 23 heavy (non-hydrogen) atoms. The minimum Gasteiger partial charge on any atom is -0.337 e. The molecule has 1 aliphatic heterocycles. The van der Waals surface area contributed by atoms with Gasteiger partial charge in [0.15, 0.2) is 5.82 Å². The van der Waals surface area contributed by atoms with E-state index in [2.05, 4.69) is 15.1 Å². The van der Waals surface area contributed by atoms with E-state index >= 15 is 0 Å². The quantitative estimate of drug-likeness (QED) is 0.728. The van der Waals surface area contributed by atoms with E-state index in [0.29, 0.717) is 30.5 Å². The molecule has 3 aromatic rings. The molecule has 6 nitrogen and oxygen atoms in total. The Morgan fingerprint density at radius 3 is 3.04 bits per heavy atom. The molecule has 0 bridgehead atoms. The molecule has 0 aromatic carbocycles. The van der Waals surface area contributed by atoms with Gasteiger partial charge in [-0.1, -0.05) is 5.16 Å². The van der Waals surface area contributed by atoms with Gasteiger partial charge in [0.1, 0.15) is 5.69 Å². The third-order valence-electron chi connectivity index (χ3n) is 3.89. The molecule has 0 saturated carbocycles. The standard InChI is InChI=1S/C15H14N4O2S2/c1-9-16-12(8-23-9)15(20)19-4-2-10(6-19)13-17-14(21-18-13)11-3-5-22-7-11/h3,5,7-8,10H,2,4,6H2,1H3/t10-/m0/s1. The number of carbonyl (C=O) groups is 1. The summed E-state index contributed by atoms with van der Waals surface area (Å²) in [6.45, 7) is 3.21. The number of amides is 1. The zero-order valence-electron chi connectivity index (χ0n) is 12.4. The van der Waals surface area contributed by atoms with Gasteiger partial charge in [-0.05, 0) is 24.8 Å². The molecule has 1 aliphatic rings. The molecule has 1 saturated heterocycles. The van der Waals surface area contributed by atoms with E-state index in [1.165, 1.54) is 11.3 Å². The monoisotopic (exact) mass is 346 g/mol. The Morgan fingerprint density at radius 1 is 1.39 bits per heavy atom. The fourth-order valence-corrected chi connectivity index (χ4v) is 3.90. The summed E-state index contributed by atoms with van der Waals surface area (Å²) in [5.74, 6) is 1.32. The molecule has 0 N–H and O–H groups in total. The van der Waals surface area contributed by atoms with Crippen molar-refractivity contribution in [3.8, 4) is 11.5 Å². The highest BCUT2D eigenvalue weighted by Gasteiger charge is 2.31. The highest BCUT2D eigenvalue weighted by atomic mass is 32.1. The summed E-state index contributed by atoms with van der Waals surface area (Å²) in [6, 6.07) is 1.96. The molecular weight excluding hydrogens is 332 g/mol. The van der Waals surface area contributed by atoms with E-state index in [4.69, 9.17) is 4.52 Å². The van der Waals surface area contributed by atoms with E-state index in [9.17, 15) is 4.79 Å². The molecule has 1 fully saturated rings. The fraction of sp³-hybridized carbons (Fsp3) is 0.333. The minimum absolute atomic E-state index is 0.0154. The molecule has 0 spiro atoms. The normalized spacial score (nSPS) is 17.8. The zero-order valence-corrected chi connectivity index (χ0v) is 14.1. The van der Waals surface area contributed by atoms with Crippen molar-refractivity contribution in [2.45, 2.75) is 19.3 Å². The lowest BCUT2D eigenvalue weighted by atomic mass is 10.1. The Balaban J connectivity index is 1.47. The van der Waals surface area contributed by atoms with Crippen LogP contribution in [0.15, 0.2) is 26.7 Å². The highest BCUT2D eigenvalue weighted by molar-refractivity contribution is 7.09. The van der Waals surface area contributed by atoms with Gasteiger partial charge in [-0.3, -0.25) is 4.79 Å². The molecule has 1 atom stereocenters. The number of likely N-dealkylation sites (tertiary alicyclic amines) is 1. The van der Waals surface area contributed by atoms with E-state index in [0.717, 1.165) is 17.0 Å². The number of aromatic nitrogens is 3. The summed E-state index contributed by atoms with van der Waals surface area (Å²) < 4.78 is 5.34. The maximum atomic E-state index is 12.4. The third kappa shape index (κ3) is 2.79. The van der Waals surface area contributed by atoms with E-state index in [-0.39, 0.29) is 11.8 Å². The fourth-order valence-electron chi connectivity index (χ4n) is 2.68. The molecule has 4 rings (SSSR count). The number of aryl methyl sites for hydroxylation is 1. The molecule has 4 heterocycles. The first-order chi connectivity index (χ1) is 11.2. The van der Waals surface area contributed by atoms with Crippen LogP contribution in [-0.4, -0.2) is 39.0 Å². The maximum absolute atomic E-state index is 12.4. The second kappa shape index (κ2) is 5.86. The lowest BCUT2D eigenvalue weighted by Crippen LogP contribution is -2.28. The van der Waals surface area contributed by atoms with Crippen LogP contribution in [0.3, 0.4) is 0 Å². The average Bonchev–Trinajstić information content (AvgIpc) is 3.30. The Bertz CT molecular complexity index is 824. The summed E-state index contributed by atoms with van der Waals surface area (Å²) in [4.78, 5) is 23.0. The van der Waals surface area contributed by atoms with Crippen molar-refractivity contribution in [3.05, 3.63) is 38.7 Å². The Labute approximate surface area is 140 Å². The van der Waals surface area contributed by atoms with Crippen molar-refractivity contribution in [2.24, 2.45) is 0 Å². The Hall–Kier alpha value is -2.06. The first-order valence-electron chi connectivity index (χ1n) is 7.28. The SMILES string of the molecule is Cc1nc(C(=O)N2CC[C@H](c3noc(-c4ccsc4)n3)C2)cs1. The van der Waals surface area contributed by atoms with Crippen LogP contribution < -0.4 is 0 Å². The number of hydrogen-bond donors (Lipinski definition) is 0. The highest BCUT2D eigenvalue weighted by Crippen LogP contribution is 2.29. The topological polar surface area (TPSA) is 72.1 Å². The van der Waals surface area contributed by atoms with Gasteiger partial charge < -0.3 is 9.42 Å². The lowest BCUT2D eigenvalue weighted by molar-refractivity contribution is 0.0785. The summed E-state index contributed by atoms with van der Waals surface area (Å²) in [7, 11) is 0. The van der Waals surface area contributed by atoms with E-state index < -0.39 is 0 Å². The number of thiazole rings is 1. The van der Waals surface area contributed by atoms with Gasteiger partial charge in [0.2, 0.25) is 0 Å². The summed E-state index contributed by atoms with van der Waals surface area (Å²) in [5, 5.41) is 10.8. The largest absolute Gasteiger partial charge is 0.337 e. The van der Waals surface area contributed by atoms with Crippen LogP contribution in [0.1, 0.15) is 33.7 Å². The van der Waals surface area contributed by atoms with Gasteiger partial charge in [0.25, 0.3) is 11.8 Å². The first-order valence-corrected chi connectivity index (χ1v) is 9.10. The third-order valence-corrected chi connectivity index (χ3v) is 5.35. The summed E-state index contributed by atoms with van der Waals surface area (Å²) >= 11 is 3.09. The van der Waals surface area contributed by atoms with Crippen molar-refractivity contribution >= 4 is 28.6 Å². The smallest absolute Gasteiger partial charge is 0.273 e. The van der Waals surface area contributed by atoms with Crippen LogP contribution in [0.5, 0.6) is 0 Å². The predicted octanol–water partition coefficient (Wildman–Crippen LogP) is 3.19. The van der Waals surface area contributed by atoms with Crippen molar-refractivity contribution in [2.75, 3.05) is 13.1 Å². The first kappa shape index (κ1) is 14.5. The van der Waals surface area contributed by atoms with Crippen molar-refractivity contribution in [1.29, 1.82) is 0 Å². The van der Waals surface area contributed by atoms with Gasteiger partial charge >= 0.3 is 0 Å². The average molecular weight is 346 g/mol. The number of rotatable bonds is 3. The Kier molecular flexibility index (Phi) is 3.70. The second-order valence-electron chi connectivity index (χ2n) is 5.46. The summed E-state index contributed by atoms with van der Waals surface area (Å²) in [6.07, 6.45) is 0.845. The zero-order chi connectivity index (χ0) is 15.8. The van der Waals surface area contributed by atoms with Gasteiger partial charge in [-0.2, -0.15) is 16.3 Å². The predicted molar refractivity (Wildman–Crippen MR) is 87.7 cm³/mol. The Morgan fingerprint density at radius 2 is 2.30 bits per heavy atom. The lowest BCUT2D eigenvalue weighted by Gasteiger charge is -2.13. The van der Waals surface area contributed by atoms with Gasteiger partial charge in [-0.25, -0.2) is 4.98 Å². The molecule has 0 unspecified atom stereocenters. The molecule has 118 valence electrons. The van der Waals surface area contributed by atoms with Crippen LogP contribution in [0, 0.1) is 6.92 Å². The number of carbonyl (C=O) groups excluding carboxylic acids is 1. The van der Waals surface area contributed by atoms with Crippen LogP contribution in [0.25, 0.3) is 11.5 Å². The van der Waals surface area contributed by atoms with Gasteiger partial charge in [-0.15, -0.1) is 11.3 Å². The molecule has 0 radical (unpaired) electrons. The molecule has 3 aromatic heterocycles. The number of thiophene rings is 1. The number of hydrogen-bond acceptors (Lipinski definition) is 7. The summed E-state index contributed by atoms with van der Waals surface area (Å²) in [5.41, 5.74) is 1.47. The van der Waals surface area contributed by atoms with Crippen LogP contribution in [0.4, 0.5) is 0 Å². The number of nitrogens with zero attached hydrogens (tertiary/aromatic N) is 4. The van der Waals surface area contributed by atoms with Crippen molar-refractivity contribution in [1.82, 2.24) is 20.0 Å². The van der Waals surface area contributed by atoms with Crippen LogP contribution in [0.2, 0.25) is 0 Å². The minimum atomic E-state index is -0.0154. The molecular formula is C15H14N4O2S2. The molecule has 8 heteroatoms. The second-order valence-corrected chi connectivity index (χ2v) is 7.30. The van der Waals surface area contributed by atoms with E-state index in [1.807, 2.05) is 34.0 Å². The van der Waals surface area contributed by atoms with Gasteiger partial charge in [0, 0.05) is 29.8 Å². The van der Waals surface area contributed by atoms with E-state index in [1.54, 1.807) is 11.3 Å². The molecule has 1 amide bonds. The van der Waals surface area contributed by atoms with Crippen molar-refractivity contribution < 1.29 is 9.32 Å². The maximum Gasteiger partial charge on any atom is 0.273 e. The van der Waals surface area contributed by atoms with Gasteiger partial charge in [0.05, 0.1) is 10.6 Å². The molecule has 0 aliphatic carbocycles. The van der Waals surface area contributed by atoms with Crippen molar-refractivity contribution in [3.63, 3.8) is 0 Å².